The van der Waals surface area contributed by atoms with Gasteiger partial charge in [0.05, 0.1) is 30.4 Å². The lowest BCUT2D eigenvalue weighted by molar-refractivity contribution is -0.143. The Morgan fingerprint density at radius 3 is 2.63 bits per heavy atom. The number of carbonyl (C=O) groups excluding carboxylic acids is 2. The number of fused-ring (bicyclic) bond motifs is 1. The van der Waals surface area contributed by atoms with Gasteiger partial charge >= 0.3 is 5.97 Å². The van der Waals surface area contributed by atoms with E-state index in [1.165, 1.54) is 11.3 Å². The maximum absolute atomic E-state index is 12.5. The number of rotatable bonds is 6. The van der Waals surface area contributed by atoms with Crippen LogP contribution in [0, 0.1) is 0 Å². The normalized spacial score (nSPS) is 11.6. The van der Waals surface area contributed by atoms with Crippen LogP contribution >= 0.6 is 11.3 Å². The van der Waals surface area contributed by atoms with Crippen molar-refractivity contribution in [2.45, 2.75) is 19.9 Å². The molecule has 0 N–H and O–H groups in total. The number of amides is 1. The van der Waals surface area contributed by atoms with Crippen LogP contribution in [0.15, 0.2) is 53.5 Å². The summed E-state index contributed by atoms with van der Waals surface area (Å²) in [5.41, 5.74) is 1.38. The van der Waals surface area contributed by atoms with Gasteiger partial charge in [0.1, 0.15) is 5.75 Å². The van der Waals surface area contributed by atoms with Gasteiger partial charge in [0.2, 0.25) is 0 Å². The number of methoxy groups -OCH3 is 1. The van der Waals surface area contributed by atoms with Crippen molar-refractivity contribution < 1.29 is 19.1 Å². The summed E-state index contributed by atoms with van der Waals surface area (Å²) in [5, 5.41) is 0. The number of carbonyl (C=O) groups is 2. The summed E-state index contributed by atoms with van der Waals surface area (Å²) in [6, 6.07) is 14.6. The van der Waals surface area contributed by atoms with Crippen molar-refractivity contribution in [3.8, 4) is 5.75 Å². The van der Waals surface area contributed by atoms with Crippen LogP contribution < -0.4 is 9.54 Å². The molecule has 0 atom stereocenters. The Bertz CT molecular complexity index is 1020. The maximum Gasteiger partial charge on any atom is 0.307 e. The molecule has 3 rings (SSSR count). The summed E-state index contributed by atoms with van der Waals surface area (Å²) in [6.45, 7) is 2.48. The van der Waals surface area contributed by atoms with Gasteiger partial charge in [-0.25, -0.2) is 0 Å². The minimum absolute atomic E-state index is 0.198. The second kappa shape index (κ2) is 8.64. The second-order valence-corrected chi connectivity index (χ2v) is 6.72. The molecule has 0 spiro atoms. The molecule has 3 aromatic rings. The van der Waals surface area contributed by atoms with Crippen LogP contribution in [0.1, 0.15) is 23.7 Å². The van der Waals surface area contributed by atoms with Crippen LogP contribution in [-0.2, 0) is 16.1 Å². The van der Waals surface area contributed by atoms with Crippen LogP contribution in [0.25, 0.3) is 10.2 Å². The van der Waals surface area contributed by atoms with Gasteiger partial charge in [-0.1, -0.05) is 29.5 Å². The fourth-order valence-electron chi connectivity index (χ4n) is 2.65. The molecule has 27 heavy (non-hydrogen) atoms. The number of thiazole rings is 1. The summed E-state index contributed by atoms with van der Waals surface area (Å²) in [7, 11) is 1.60. The van der Waals surface area contributed by atoms with E-state index >= 15 is 0 Å². The first-order valence-electron chi connectivity index (χ1n) is 8.59. The van der Waals surface area contributed by atoms with Crippen molar-refractivity contribution in [3.63, 3.8) is 0 Å². The molecule has 0 radical (unpaired) electrons. The Hall–Kier alpha value is -2.93. The highest BCUT2D eigenvalue weighted by atomic mass is 32.1. The molecule has 0 fully saturated rings. The highest BCUT2D eigenvalue weighted by molar-refractivity contribution is 7.16. The summed E-state index contributed by atoms with van der Waals surface area (Å²) < 4.78 is 13.1. The van der Waals surface area contributed by atoms with E-state index in [1.54, 1.807) is 38.3 Å². The minimum Gasteiger partial charge on any atom is -0.497 e. The average Bonchev–Trinajstić information content (AvgIpc) is 3.03. The predicted octanol–water partition coefficient (Wildman–Crippen LogP) is 3.41. The molecule has 7 heteroatoms. The zero-order valence-electron chi connectivity index (χ0n) is 15.2. The average molecular weight is 384 g/mol. The highest BCUT2D eigenvalue weighted by Crippen LogP contribution is 2.23. The molecule has 0 unspecified atom stereocenters. The number of aromatic nitrogens is 1. The van der Waals surface area contributed by atoms with E-state index in [1.807, 2.05) is 28.8 Å². The lowest BCUT2D eigenvalue weighted by atomic mass is 10.2. The van der Waals surface area contributed by atoms with E-state index in [2.05, 4.69) is 4.99 Å². The topological polar surface area (TPSA) is 69.9 Å². The van der Waals surface area contributed by atoms with Gasteiger partial charge in [-0.3, -0.25) is 9.59 Å². The Labute approximate surface area is 160 Å². The van der Waals surface area contributed by atoms with Gasteiger partial charge < -0.3 is 14.0 Å². The molecule has 0 aliphatic carbocycles. The van der Waals surface area contributed by atoms with Crippen molar-refractivity contribution >= 4 is 33.4 Å². The molecule has 6 nitrogen and oxygen atoms in total. The monoisotopic (exact) mass is 384 g/mol. The molecular formula is C20H20N2O4S. The van der Waals surface area contributed by atoms with Crippen LogP contribution in [0.2, 0.25) is 0 Å². The summed E-state index contributed by atoms with van der Waals surface area (Å²) in [6.07, 6.45) is 0.198. The quantitative estimate of drug-likeness (QED) is 0.611. The van der Waals surface area contributed by atoms with Gasteiger partial charge in [-0.15, -0.1) is 0 Å². The fourth-order valence-corrected chi connectivity index (χ4v) is 3.68. The number of hydrogen-bond donors (Lipinski definition) is 0. The summed E-state index contributed by atoms with van der Waals surface area (Å²) >= 11 is 1.40. The molecule has 0 aliphatic heterocycles. The van der Waals surface area contributed by atoms with E-state index in [-0.39, 0.29) is 18.3 Å². The second-order valence-electron chi connectivity index (χ2n) is 5.71. The molecule has 2 aromatic carbocycles. The molecule has 1 aromatic heterocycles. The standard InChI is InChI=1S/C20H20N2O4S/c1-3-26-18(23)11-12-22-16-13-15(25-2)9-10-17(16)27-20(22)21-19(24)14-7-5-4-6-8-14/h4-10,13H,3,11-12H2,1-2H3. The maximum atomic E-state index is 12.5. The third-order valence-electron chi connectivity index (χ3n) is 3.95. The van der Waals surface area contributed by atoms with Crippen molar-refractivity contribution in [3.05, 3.63) is 58.9 Å². The Balaban J connectivity index is 2.04. The molecular weight excluding hydrogens is 364 g/mol. The molecule has 0 bridgehead atoms. The third-order valence-corrected chi connectivity index (χ3v) is 5.01. The van der Waals surface area contributed by atoms with Crippen molar-refractivity contribution in [1.82, 2.24) is 4.57 Å². The molecule has 140 valence electrons. The first-order chi connectivity index (χ1) is 13.1. The van der Waals surface area contributed by atoms with E-state index in [0.29, 0.717) is 29.3 Å². The highest BCUT2D eigenvalue weighted by Gasteiger charge is 2.12. The summed E-state index contributed by atoms with van der Waals surface area (Å²) in [5.74, 6) is 0.0951. The Kier molecular flexibility index (Phi) is 6.03. The summed E-state index contributed by atoms with van der Waals surface area (Å²) in [4.78, 5) is 29.1. The zero-order chi connectivity index (χ0) is 19.2. The number of aryl methyl sites for hydroxylation is 1. The molecule has 1 heterocycles. The van der Waals surface area contributed by atoms with Crippen molar-refractivity contribution in [2.24, 2.45) is 4.99 Å². The molecule has 0 saturated carbocycles. The largest absolute Gasteiger partial charge is 0.497 e. The lowest BCUT2D eigenvalue weighted by Gasteiger charge is -2.06. The van der Waals surface area contributed by atoms with Gasteiger partial charge in [0, 0.05) is 18.2 Å². The van der Waals surface area contributed by atoms with Crippen LogP contribution in [0.3, 0.4) is 0 Å². The lowest BCUT2D eigenvalue weighted by Crippen LogP contribution is -2.19. The zero-order valence-corrected chi connectivity index (χ0v) is 16.0. The van der Waals surface area contributed by atoms with Crippen LogP contribution in [-0.4, -0.2) is 30.2 Å². The van der Waals surface area contributed by atoms with Gasteiger partial charge in [0.25, 0.3) is 5.91 Å². The first-order valence-corrected chi connectivity index (χ1v) is 9.41. The Morgan fingerprint density at radius 2 is 1.93 bits per heavy atom. The number of benzene rings is 2. The van der Waals surface area contributed by atoms with Crippen LogP contribution in [0.4, 0.5) is 0 Å². The van der Waals surface area contributed by atoms with Crippen LogP contribution in [0.5, 0.6) is 5.75 Å². The first kappa shape index (κ1) is 18.8. The van der Waals surface area contributed by atoms with Gasteiger partial charge in [0.15, 0.2) is 4.80 Å². The third kappa shape index (κ3) is 4.43. The van der Waals surface area contributed by atoms with Crippen molar-refractivity contribution in [2.75, 3.05) is 13.7 Å². The number of nitrogens with zero attached hydrogens (tertiary/aromatic N) is 2. The number of ether oxygens (including phenoxy) is 2. The molecule has 1 amide bonds. The SMILES string of the molecule is CCOC(=O)CCn1c(=NC(=O)c2ccccc2)sc2ccc(OC)cc21. The smallest absolute Gasteiger partial charge is 0.307 e. The van der Waals surface area contributed by atoms with Gasteiger partial charge in [-0.2, -0.15) is 4.99 Å². The van der Waals surface area contributed by atoms with Gasteiger partial charge in [-0.05, 0) is 31.2 Å². The number of esters is 1. The van der Waals surface area contributed by atoms with E-state index in [4.69, 9.17) is 9.47 Å². The predicted molar refractivity (Wildman–Crippen MR) is 104 cm³/mol. The van der Waals surface area contributed by atoms with E-state index in [9.17, 15) is 9.59 Å². The fraction of sp³-hybridized carbons (Fsp3) is 0.250. The Morgan fingerprint density at radius 1 is 1.15 bits per heavy atom. The van der Waals surface area contributed by atoms with E-state index in [0.717, 1.165) is 10.2 Å². The molecule has 0 aliphatic rings. The van der Waals surface area contributed by atoms with E-state index < -0.39 is 0 Å². The number of hydrogen-bond acceptors (Lipinski definition) is 5. The molecule has 0 saturated heterocycles. The minimum atomic E-state index is -0.320. The van der Waals surface area contributed by atoms with Crippen molar-refractivity contribution in [1.29, 1.82) is 0 Å².